The first-order chi connectivity index (χ1) is 12.2. The zero-order valence-corrected chi connectivity index (χ0v) is 14.6. The number of hydrogen-bond acceptors (Lipinski definition) is 4. The molecular weight excluding hydrogens is 318 g/mol. The van der Waals surface area contributed by atoms with Gasteiger partial charge in [0.2, 0.25) is 0 Å². The predicted molar refractivity (Wildman–Crippen MR) is 96.7 cm³/mol. The van der Waals surface area contributed by atoms with E-state index >= 15 is 0 Å². The molecule has 0 saturated heterocycles. The molecule has 0 aliphatic carbocycles. The fourth-order valence-corrected chi connectivity index (χ4v) is 2.60. The van der Waals surface area contributed by atoms with Crippen LogP contribution in [0.15, 0.2) is 42.5 Å². The molecule has 1 aliphatic rings. The summed E-state index contributed by atoms with van der Waals surface area (Å²) in [5, 5.41) is 2.80. The van der Waals surface area contributed by atoms with Crippen LogP contribution in [0.4, 0.5) is 5.69 Å². The van der Waals surface area contributed by atoms with Crippen LogP contribution >= 0.6 is 0 Å². The molecule has 0 aromatic heterocycles. The summed E-state index contributed by atoms with van der Waals surface area (Å²) in [6.45, 7) is 5.37. The van der Waals surface area contributed by atoms with Crippen LogP contribution in [-0.4, -0.2) is 25.7 Å². The van der Waals surface area contributed by atoms with Crippen molar-refractivity contribution in [1.82, 2.24) is 0 Å². The van der Waals surface area contributed by atoms with Crippen molar-refractivity contribution in [2.24, 2.45) is 0 Å². The van der Waals surface area contributed by atoms with Crippen LogP contribution in [0.3, 0.4) is 0 Å². The third kappa shape index (κ3) is 4.44. The minimum atomic E-state index is -0.220. The Bertz CT molecular complexity index is 727. The molecule has 5 nitrogen and oxygen atoms in total. The molecule has 0 unspecified atom stereocenters. The fraction of sp³-hybridized carbons (Fsp3) is 0.350. The van der Waals surface area contributed by atoms with Gasteiger partial charge in [-0.1, -0.05) is 26.0 Å². The van der Waals surface area contributed by atoms with E-state index in [1.807, 2.05) is 24.3 Å². The molecule has 0 spiro atoms. The smallest absolute Gasteiger partial charge is 0.262 e. The van der Waals surface area contributed by atoms with E-state index in [0.29, 0.717) is 42.1 Å². The van der Waals surface area contributed by atoms with E-state index in [1.165, 1.54) is 5.56 Å². The molecule has 5 heteroatoms. The maximum Gasteiger partial charge on any atom is 0.262 e. The number of benzene rings is 2. The lowest BCUT2D eigenvalue weighted by molar-refractivity contribution is -0.118. The van der Waals surface area contributed by atoms with Gasteiger partial charge in [-0.05, 0) is 42.2 Å². The van der Waals surface area contributed by atoms with Gasteiger partial charge in [-0.25, -0.2) is 0 Å². The molecule has 2 aromatic carbocycles. The van der Waals surface area contributed by atoms with Gasteiger partial charge in [0, 0.05) is 11.8 Å². The predicted octanol–water partition coefficient (Wildman–Crippen LogP) is 3.99. The van der Waals surface area contributed by atoms with Gasteiger partial charge < -0.3 is 19.5 Å². The van der Waals surface area contributed by atoms with E-state index in [4.69, 9.17) is 14.2 Å². The number of rotatable bonds is 6. The molecule has 0 saturated carbocycles. The Hall–Kier alpha value is -2.69. The average molecular weight is 341 g/mol. The minimum Gasteiger partial charge on any atom is -0.486 e. The van der Waals surface area contributed by atoms with Crippen LogP contribution < -0.4 is 19.5 Å². The quantitative estimate of drug-likeness (QED) is 0.863. The molecule has 1 aliphatic heterocycles. The van der Waals surface area contributed by atoms with E-state index < -0.39 is 0 Å². The van der Waals surface area contributed by atoms with E-state index in [-0.39, 0.29) is 12.5 Å². The number of ether oxygens (including phenoxy) is 3. The molecule has 0 fully saturated rings. The Kier molecular flexibility index (Phi) is 5.43. The Morgan fingerprint density at radius 2 is 1.84 bits per heavy atom. The van der Waals surface area contributed by atoms with Crippen molar-refractivity contribution in [1.29, 1.82) is 0 Å². The van der Waals surface area contributed by atoms with Crippen molar-refractivity contribution in [2.75, 3.05) is 25.1 Å². The Morgan fingerprint density at radius 3 is 2.56 bits per heavy atom. The topological polar surface area (TPSA) is 56.8 Å². The van der Waals surface area contributed by atoms with Gasteiger partial charge in [-0.3, -0.25) is 4.79 Å². The van der Waals surface area contributed by atoms with E-state index in [2.05, 4.69) is 19.2 Å². The molecule has 132 valence electrons. The SMILES string of the molecule is CC[C@H](C)c1ccc(OCC(=O)Nc2ccc3c(c2)OCCO3)cc1. The maximum atomic E-state index is 12.1. The van der Waals surface area contributed by atoms with Gasteiger partial charge in [0.05, 0.1) is 0 Å². The first-order valence-electron chi connectivity index (χ1n) is 8.58. The third-order valence-electron chi connectivity index (χ3n) is 4.26. The second-order valence-electron chi connectivity index (χ2n) is 6.07. The number of amides is 1. The number of anilines is 1. The third-order valence-corrected chi connectivity index (χ3v) is 4.26. The Balaban J connectivity index is 1.52. The molecule has 1 heterocycles. The summed E-state index contributed by atoms with van der Waals surface area (Å²) in [6.07, 6.45) is 1.10. The van der Waals surface area contributed by atoms with Crippen LogP contribution in [0.25, 0.3) is 0 Å². The molecule has 0 radical (unpaired) electrons. The summed E-state index contributed by atoms with van der Waals surface area (Å²) in [4.78, 5) is 12.1. The van der Waals surface area contributed by atoms with Gasteiger partial charge in [-0.2, -0.15) is 0 Å². The van der Waals surface area contributed by atoms with Crippen molar-refractivity contribution < 1.29 is 19.0 Å². The molecule has 2 aromatic rings. The van der Waals surface area contributed by atoms with Crippen molar-refractivity contribution in [3.8, 4) is 17.2 Å². The van der Waals surface area contributed by atoms with Crippen molar-refractivity contribution in [3.63, 3.8) is 0 Å². The number of carbonyl (C=O) groups excluding carboxylic acids is 1. The molecule has 1 amide bonds. The summed E-state index contributed by atoms with van der Waals surface area (Å²) in [6, 6.07) is 13.2. The van der Waals surface area contributed by atoms with Crippen molar-refractivity contribution >= 4 is 11.6 Å². The number of fused-ring (bicyclic) bond motifs is 1. The second-order valence-corrected chi connectivity index (χ2v) is 6.07. The maximum absolute atomic E-state index is 12.1. The second kappa shape index (κ2) is 7.92. The zero-order chi connectivity index (χ0) is 17.6. The Morgan fingerprint density at radius 1 is 1.12 bits per heavy atom. The lowest BCUT2D eigenvalue weighted by Crippen LogP contribution is -2.20. The van der Waals surface area contributed by atoms with E-state index in [1.54, 1.807) is 18.2 Å². The van der Waals surface area contributed by atoms with Crippen molar-refractivity contribution in [3.05, 3.63) is 48.0 Å². The summed E-state index contributed by atoms with van der Waals surface area (Å²) < 4.78 is 16.5. The van der Waals surface area contributed by atoms with Crippen LogP contribution in [0.1, 0.15) is 31.7 Å². The van der Waals surface area contributed by atoms with Gasteiger partial charge in [0.25, 0.3) is 5.91 Å². The lowest BCUT2D eigenvalue weighted by Gasteiger charge is -2.19. The van der Waals surface area contributed by atoms with Gasteiger partial charge in [0.1, 0.15) is 19.0 Å². The molecule has 3 rings (SSSR count). The number of carbonyl (C=O) groups is 1. The highest BCUT2D eigenvalue weighted by Crippen LogP contribution is 2.32. The standard InChI is InChI=1S/C20H23NO4/c1-3-14(2)15-4-7-17(8-5-15)25-13-20(22)21-16-6-9-18-19(12-16)24-11-10-23-18/h4-9,12,14H,3,10-11,13H2,1-2H3,(H,21,22)/t14-/m0/s1. The minimum absolute atomic E-state index is 0.0445. The largest absolute Gasteiger partial charge is 0.486 e. The van der Waals surface area contributed by atoms with Crippen molar-refractivity contribution in [2.45, 2.75) is 26.2 Å². The highest BCUT2D eigenvalue weighted by atomic mass is 16.6. The molecule has 25 heavy (non-hydrogen) atoms. The van der Waals surface area contributed by atoms with Crippen LogP contribution in [0, 0.1) is 0 Å². The lowest BCUT2D eigenvalue weighted by atomic mass is 9.99. The van der Waals surface area contributed by atoms with Crippen LogP contribution in [-0.2, 0) is 4.79 Å². The van der Waals surface area contributed by atoms with Gasteiger partial charge >= 0.3 is 0 Å². The highest BCUT2D eigenvalue weighted by molar-refractivity contribution is 5.92. The Labute approximate surface area is 147 Å². The van der Waals surface area contributed by atoms with Gasteiger partial charge in [-0.15, -0.1) is 0 Å². The average Bonchev–Trinajstić information content (AvgIpc) is 2.66. The zero-order valence-electron chi connectivity index (χ0n) is 14.6. The molecule has 1 atom stereocenters. The molecular formula is C20H23NO4. The monoisotopic (exact) mass is 341 g/mol. The number of nitrogens with one attached hydrogen (secondary N) is 1. The van der Waals surface area contributed by atoms with Gasteiger partial charge in [0.15, 0.2) is 18.1 Å². The van der Waals surface area contributed by atoms with Crippen LogP contribution in [0.2, 0.25) is 0 Å². The summed E-state index contributed by atoms with van der Waals surface area (Å²) in [5.41, 5.74) is 1.93. The number of hydrogen-bond donors (Lipinski definition) is 1. The first kappa shape index (κ1) is 17.1. The van der Waals surface area contributed by atoms with E-state index in [9.17, 15) is 4.79 Å². The first-order valence-corrected chi connectivity index (χ1v) is 8.58. The van der Waals surface area contributed by atoms with Crippen LogP contribution in [0.5, 0.6) is 17.2 Å². The van der Waals surface area contributed by atoms with E-state index in [0.717, 1.165) is 6.42 Å². The normalized spacial score (nSPS) is 13.8. The summed E-state index contributed by atoms with van der Waals surface area (Å²) >= 11 is 0. The summed E-state index contributed by atoms with van der Waals surface area (Å²) in [7, 11) is 0. The molecule has 0 bridgehead atoms. The molecule has 1 N–H and O–H groups in total. The summed E-state index contributed by atoms with van der Waals surface area (Å²) in [5.74, 6) is 2.33. The highest BCUT2D eigenvalue weighted by Gasteiger charge is 2.13. The fourth-order valence-electron chi connectivity index (χ4n) is 2.60.